The number of aliphatic imine (C=N–C) groups is 1. The molecule has 0 spiro atoms. The minimum atomic E-state index is -0.507. The van der Waals surface area contributed by atoms with E-state index in [0.717, 1.165) is 61.4 Å². The second-order valence-electron chi connectivity index (χ2n) is 13.3. The molecule has 8 aromatic rings. The summed E-state index contributed by atoms with van der Waals surface area (Å²) in [5.41, 5.74) is 16.2. The van der Waals surface area contributed by atoms with Crippen molar-refractivity contribution in [2.45, 2.75) is 24.7 Å². The van der Waals surface area contributed by atoms with E-state index in [1.165, 1.54) is 21.9 Å². The number of allylic oxidation sites excluding steroid dienone is 2. The van der Waals surface area contributed by atoms with Gasteiger partial charge in [-0.25, -0.2) is 0 Å². The molecule has 3 atom stereocenters. The Bertz CT molecular complexity index is 2700. The Morgan fingerprint density at radius 2 is 1.49 bits per heavy atom. The Morgan fingerprint density at radius 3 is 2.37 bits per heavy atom. The van der Waals surface area contributed by atoms with Gasteiger partial charge in [0.15, 0.2) is 0 Å². The average molecular weight is 663 g/mol. The van der Waals surface area contributed by atoms with Crippen LogP contribution in [0.3, 0.4) is 0 Å². The topological polar surface area (TPSA) is 77.7 Å². The first-order chi connectivity index (χ1) is 25.2. The number of rotatable bonds is 6. The molecule has 6 nitrogen and oxygen atoms in total. The molecule has 3 heterocycles. The summed E-state index contributed by atoms with van der Waals surface area (Å²) in [7, 11) is 0. The number of ether oxygens (including phenoxy) is 1. The van der Waals surface area contributed by atoms with E-state index in [-0.39, 0.29) is 12.0 Å². The molecule has 2 aliphatic rings. The molecule has 0 amide bonds. The molecule has 3 unspecified atom stereocenters. The quantitative estimate of drug-likeness (QED) is 0.106. The van der Waals surface area contributed by atoms with Gasteiger partial charge in [0.2, 0.25) is 0 Å². The van der Waals surface area contributed by atoms with Crippen molar-refractivity contribution in [2.24, 2.45) is 10.7 Å². The molecule has 10 rings (SSSR count). The molecule has 0 radical (unpaired) electrons. The number of nitrogens with two attached hydrogens (primary N) is 1. The van der Waals surface area contributed by atoms with Crippen LogP contribution in [0.4, 0.5) is 0 Å². The summed E-state index contributed by atoms with van der Waals surface area (Å²) in [6, 6.07) is 46.1. The van der Waals surface area contributed by atoms with Crippen LogP contribution in [0.2, 0.25) is 0 Å². The Balaban J connectivity index is 0.981. The predicted molar refractivity (Wildman–Crippen MR) is 207 cm³/mol. The molecule has 51 heavy (non-hydrogen) atoms. The fourth-order valence-electron chi connectivity index (χ4n) is 7.80. The van der Waals surface area contributed by atoms with Crippen LogP contribution in [-0.2, 0) is 6.54 Å². The molecule has 1 aliphatic heterocycles. The van der Waals surface area contributed by atoms with E-state index in [1.807, 2.05) is 48.5 Å². The number of fused-ring (bicyclic) bond motifs is 9. The van der Waals surface area contributed by atoms with Gasteiger partial charge in [-0.15, -0.1) is 0 Å². The maximum atomic E-state index is 6.90. The minimum absolute atomic E-state index is 0.0557. The number of amidine groups is 1. The van der Waals surface area contributed by atoms with E-state index >= 15 is 0 Å². The zero-order valence-corrected chi connectivity index (χ0v) is 27.7. The Kier molecular flexibility index (Phi) is 6.89. The van der Waals surface area contributed by atoms with Crippen molar-refractivity contribution in [1.82, 2.24) is 9.88 Å². The second kappa shape index (κ2) is 11.9. The van der Waals surface area contributed by atoms with Gasteiger partial charge in [-0.05, 0) is 48.0 Å². The van der Waals surface area contributed by atoms with Gasteiger partial charge in [-0.1, -0.05) is 109 Å². The SMILES string of the molecule is NC(N/C(=N\Cc1ccc(-n2c3ccccc3c3cc4c(cc32)OC2C=CC=CC42)cc1)c1ccccc1)c1cccc2oc3ccccc3c12. The summed E-state index contributed by atoms with van der Waals surface area (Å²) in [6.45, 7) is 0.488. The van der Waals surface area contributed by atoms with Crippen molar-refractivity contribution < 1.29 is 9.15 Å². The average Bonchev–Trinajstić information content (AvgIpc) is 3.85. The van der Waals surface area contributed by atoms with E-state index in [1.54, 1.807) is 0 Å². The van der Waals surface area contributed by atoms with Gasteiger partial charge >= 0.3 is 0 Å². The first-order valence-electron chi connectivity index (χ1n) is 17.4. The molecule has 2 aromatic heterocycles. The summed E-state index contributed by atoms with van der Waals surface area (Å²) in [6.07, 6.45) is 8.14. The summed E-state index contributed by atoms with van der Waals surface area (Å²) < 4.78 is 14.9. The maximum absolute atomic E-state index is 6.90. The first-order valence-corrected chi connectivity index (χ1v) is 17.4. The number of nitrogens with one attached hydrogen (secondary N) is 1. The smallest absolute Gasteiger partial charge is 0.135 e. The predicted octanol–water partition coefficient (Wildman–Crippen LogP) is 9.85. The number of benzene rings is 6. The van der Waals surface area contributed by atoms with Crippen LogP contribution in [-0.4, -0.2) is 16.5 Å². The number of para-hydroxylation sites is 2. The van der Waals surface area contributed by atoms with Gasteiger partial charge in [0.05, 0.1) is 17.6 Å². The second-order valence-corrected chi connectivity index (χ2v) is 13.3. The lowest BCUT2D eigenvalue weighted by atomic mass is 9.91. The van der Waals surface area contributed by atoms with E-state index < -0.39 is 6.17 Å². The zero-order chi connectivity index (χ0) is 33.9. The first kappa shape index (κ1) is 29.5. The summed E-state index contributed by atoms with van der Waals surface area (Å²) in [5.74, 6) is 1.94. The van der Waals surface area contributed by atoms with Crippen LogP contribution in [0.5, 0.6) is 5.75 Å². The van der Waals surface area contributed by atoms with Crippen molar-refractivity contribution in [3.8, 4) is 11.4 Å². The van der Waals surface area contributed by atoms with Crippen LogP contribution >= 0.6 is 0 Å². The maximum Gasteiger partial charge on any atom is 0.135 e. The molecule has 0 fully saturated rings. The molecule has 3 N–H and O–H groups in total. The Labute approximate surface area is 294 Å². The summed E-state index contributed by atoms with van der Waals surface area (Å²) in [5, 5.41) is 8.08. The van der Waals surface area contributed by atoms with Gasteiger partial charge in [-0.2, -0.15) is 0 Å². The number of hydrogen-bond donors (Lipinski definition) is 2. The lowest BCUT2D eigenvalue weighted by molar-refractivity contribution is 0.269. The Morgan fingerprint density at radius 1 is 0.725 bits per heavy atom. The zero-order valence-electron chi connectivity index (χ0n) is 27.7. The van der Waals surface area contributed by atoms with E-state index in [9.17, 15) is 0 Å². The largest absolute Gasteiger partial charge is 0.485 e. The highest BCUT2D eigenvalue weighted by molar-refractivity contribution is 6.10. The molecule has 6 heteroatoms. The van der Waals surface area contributed by atoms with Crippen LogP contribution < -0.4 is 15.8 Å². The lowest BCUT2D eigenvalue weighted by Gasteiger charge is -2.19. The summed E-state index contributed by atoms with van der Waals surface area (Å²) >= 11 is 0. The van der Waals surface area contributed by atoms with Gasteiger partial charge < -0.3 is 24.8 Å². The van der Waals surface area contributed by atoms with E-state index in [2.05, 4.69) is 119 Å². The van der Waals surface area contributed by atoms with Crippen LogP contribution in [0.1, 0.15) is 34.3 Å². The third kappa shape index (κ3) is 4.95. The third-order valence-corrected chi connectivity index (χ3v) is 10.2. The van der Waals surface area contributed by atoms with Gasteiger partial charge in [0.1, 0.15) is 35.0 Å². The van der Waals surface area contributed by atoms with Crippen molar-refractivity contribution in [1.29, 1.82) is 0 Å². The number of aromatic nitrogens is 1. The standard InChI is InChI=1S/C45H34N4O2/c46-44(34-16-10-20-41-43(34)33-15-6-9-19-40(33)50-41)48-45(29-11-2-1-3-12-29)47-27-28-21-23-30(24-22-28)49-37-17-7-4-13-31(37)35-25-36-32-14-5-8-18-39(32)51-42(36)26-38(35)49/h1-26,32,39,44H,27,46H2,(H,47,48). The highest BCUT2D eigenvalue weighted by atomic mass is 16.5. The van der Waals surface area contributed by atoms with Crippen molar-refractivity contribution in [2.75, 3.05) is 0 Å². The van der Waals surface area contributed by atoms with Crippen LogP contribution in [0.25, 0.3) is 49.4 Å². The molecule has 0 saturated heterocycles. The van der Waals surface area contributed by atoms with Crippen LogP contribution in [0.15, 0.2) is 167 Å². The normalized spacial score (nSPS) is 17.2. The molecule has 1 aliphatic carbocycles. The highest BCUT2D eigenvalue weighted by Crippen LogP contribution is 2.45. The molecular weight excluding hydrogens is 629 g/mol. The summed E-state index contributed by atoms with van der Waals surface area (Å²) in [4.78, 5) is 5.09. The van der Waals surface area contributed by atoms with Gasteiger partial charge in [-0.3, -0.25) is 4.99 Å². The number of nitrogens with zero attached hydrogens (tertiary/aromatic N) is 2. The van der Waals surface area contributed by atoms with Crippen molar-refractivity contribution in [3.05, 3.63) is 180 Å². The number of furan rings is 1. The van der Waals surface area contributed by atoms with Crippen LogP contribution in [0, 0.1) is 0 Å². The third-order valence-electron chi connectivity index (χ3n) is 10.2. The van der Waals surface area contributed by atoms with Crippen molar-refractivity contribution in [3.63, 3.8) is 0 Å². The fourth-order valence-corrected chi connectivity index (χ4v) is 7.80. The fraction of sp³-hybridized carbons (Fsp3) is 0.0889. The van der Waals surface area contributed by atoms with Crippen molar-refractivity contribution >= 4 is 49.6 Å². The molecule has 0 saturated carbocycles. The molecule has 246 valence electrons. The lowest BCUT2D eigenvalue weighted by Crippen LogP contribution is -2.35. The molecule has 0 bridgehead atoms. The number of hydrogen-bond acceptors (Lipinski definition) is 4. The minimum Gasteiger partial charge on any atom is -0.485 e. The monoisotopic (exact) mass is 662 g/mol. The van der Waals surface area contributed by atoms with E-state index in [4.69, 9.17) is 19.9 Å². The Hall–Kier alpha value is -6.37. The molecule has 6 aromatic carbocycles. The van der Waals surface area contributed by atoms with E-state index in [0.29, 0.717) is 6.54 Å². The molecular formula is C45H34N4O2. The van der Waals surface area contributed by atoms with Gasteiger partial charge in [0.25, 0.3) is 0 Å². The van der Waals surface area contributed by atoms with Gasteiger partial charge in [0, 0.05) is 55.9 Å². The highest BCUT2D eigenvalue weighted by Gasteiger charge is 2.33.